The first-order chi connectivity index (χ1) is 11.7. The molecule has 4 nitrogen and oxygen atoms in total. The van der Waals surface area contributed by atoms with E-state index in [1.165, 1.54) is 11.3 Å². The maximum absolute atomic E-state index is 10.6. The molecule has 132 valence electrons. The predicted molar refractivity (Wildman–Crippen MR) is 98.9 cm³/mol. The minimum atomic E-state index is -0.172. The highest BCUT2D eigenvalue weighted by molar-refractivity contribution is 6.30. The second-order valence-corrected chi connectivity index (χ2v) is 8.22. The van der Waals surface area contributed by atoms with E-state index in [4.69, 9.17) is 11.6 Å². The van der Waals surface area contributed by atoms with Gasteiger partial charge in [-0.25, -0.2) is 0 Å². The zero-order valence-electron chi connectivity index (χ0n) is 14.2. The molecule has 0 radical (unpaired) electrons. The fourth-order valence-electron chi connectivity index (χ4n) is 4.74. The van der Waals surface area contributed by atoms with E-state index >= 15 is 0 Å². The van der Waals surface area contributed by atoms with Gasteiger partial charge in [0.15, 0.2) is 0 Å². The van der Waals surface area contributed by atoms with E-state index in [2.05, 4.69) is 27.7 Å². The summed E-state index contributed by atoms with van der Waals surface area (Å²) in [5.41, 5.74) is 2.91. The summed E-state index contributed by atoms with van der Waals surface area (Å²) in [6.45, 7) is 6.11. The lowest BCUT2D eigenvalue weighted by atomic mass is 9.74. The monoisotopic (exact) mass is 349 g/mol. The van der Waals surface area contributed by atoms with Crippen molar-refractivity contribution in [3.8, 4) is 0 Å². The molecule has 2 fully saturated rings. The van der Waals surface area contributed by atoms with E-state index in [1.54, 1.807) is 0 Å². The lowest BCUT2D eigenvalue weighted by Crippen LogP contribution is -2.48. The molecule has 0 aromatic heterocycles. The Balaban J connectivity index is 1.36. The summed E-state index contributed by atoms with van der Waals surface area (Å²) in [6.07, 6.45) is 4.36. The van der Waals surface area contributed by atoms with Crippen molar-refractivity contribution >= 4 is 17.3 Å². The number of rotatable bonds is 3. The molecule has 4 rings (SSSR count). The van der Waals surface area contributed by atoms with Gasteiger partial charge in [0.05, 0.1) is 6.10 Å². The molecule has 1 aromatic rings. The topological polar surface area (TPSA) is 47.5 Å². The summed E-state index contributed by atoms with van der Waals surface area (Å²) >= 11 is 6.12. The number of hydrogen-bond acceptors (Lipinski definition) is 4. The van der Waals surface area contributed by atoms with Gasteiger partial charge < -0.3 is 20.6 Å². The SMILES string of the molecule is O[C@H](CN1CCC2(CC1)CNc1cc(Cl)ccc12)C1CCNCC1. The highest BCUT2D eigenvalue weighted by atomic mass is 35.5. The molecule has 3 aliphatic rings. The zero-order chi connectivity index (χ0) is 16.6. The van der Waals surface area contributed by atoms with Crippen LogP contribution in [0.4, 0.5) is 5.69 Å². The maximum atomic E-state index is 10.6. The van der Waals surface area contributed by atoms with E-state index in [0.29, 0.717) is 5.92 Å². The van der Waals surface area contributed by atoms with E-state index in [-0.39, 0.29) is 11.5 Å². The summed E-state index contributed by atoms with van der Waals surface area (Å²) in [6, 6.07) is 6.28. The van der Waals surface area contributed by atoms with Gasteiger partial charge in [-0.1, -0.05) is 17.7 Å². The Hall–Kier alpha value is -0.810. The standard InChI is InChI=1S/C19H28ClN3O/c20-15-1-2-16-17(11-15)22-13-19(16)5-9-23(10-6-19)12-18(24)14-3-7-21-8-4-14/h1-2,11,14,18,21-22,24H,3-10,12-13H2/t18-/m1/s1. The van der Waals surface area contributed by atoms with Gasteiger partial charge in [0, 0.05) is 29.2 Å². The number of aliphatic hydroxyl groups excluding tert-OH is 1. The molecule has 2 saturated heterocycles. The maximum Gasteiger partial charge on any atom is 0.0696 e. The van der Waals surface area contributed by atoms with E-state index in [0.717, 1.165) is 70.0 Å². The van der Waals surface area contributed by atoms with Gasteiger partial charge in [-0.2, -0.15) is 0 Å². The molecular weight excluding hydrogens is 322 g/mol. The number of benzene rings is 1. The summed E-state index contributed by atoms with van der Waals surface area (Å²) in [7, 11) is 0. The molecule has 1 atom stereocenters. The Morgan fingerprint density at radius 2 is 2.00 bits per heavy atom. The third-order valence-electron chi connectivity index (χ3n) is 6.36. The number of anilines is 1. The first-order valence-corrected chi connectivity index (χ1v) is 9.69. The molecule has 24 heavy (non-hydrogen) atoms. The lowest BCUT2D eigenvalue weighted by Gasteiger charge is -2.41. The van der Waals surface area contributed by atoms with Crippen molar-refractivity contribution in [2.24, 2.45) is 5.92 Å². The number of piperidine rings is 2. The van der Waals surface area contributed by atoms with Crippen molar-refractivity contribution < 1.29 is 5.11 Å². The van der Waals surface area contributed by atoms with Crippen LogP contribution in [0.2, 0.25) is 5.02 Å². The molecule has 1 spiro atoms. The highest BCUT2D eigenvalue weighted by Crippen LogP contribution is 2.44. The zero-order valence-corrected chi connectivity index (χ0v) is 15.0. The summed E-state index contributed by atoms with van der Waals surface area (Å²) in [5.74, 6) is 0.471. The van der Waals surface area contributed by atoms with Crippen molar-refractivity contribution in [2.75, 3.05) is 44.6 Å². The van der Waals surface area contributed by atoms with Gasteiger partial charge in [-0.05, 0) is 75.5 Å². The Morgan fingerprint density at radius 1 is 1.25 bits per heavy atom. The van der Waals surface area contributed by atoms with Gasteiger partial charge in [0.25, 0.3) is 0 Å². The molecule has 1 aromatic carbocycles. The van der Waals surface area contributed by atoms with Crippen LogP contribution in [0, 0.1) is 5.92 Å². The van der Waals surface area contributed by atoms with Crippen LogP contribution in [0.15, 0.2) is 18.2 Å². The quantitative estimate of drug-likeness (QED) is 0.784. The fourth-order valence-corrected chi connectivity index (χ4v) is 4.91. The number of β-amino-alcohol motifs (C(OH)–C–C–N with tert-alkyl or cyclic N) is 1. The van der Waals surface area contributed by atoms with Gasteiger partial charge in [-0.3, -0.25) is 0 Å². The normalized spacial score (nSPS) is 25.4. The number of hydrogen-bond donors (Lipinski definition) is 3. The summed E-state index contributed by atoms with van der Waals surface area (Å²) < 4.78 is 0. The second-order valence-electron chi connectivity index (χ2n) is 7.78. The Morgan fingerprint density at radius 3 is 2.75 bits per heavy atom. The Labute approximate surface area is 149 Å². The molecule has 0 bridgehead atoms. The smallest absolute Gasteiger partial charge is 0.0696 e. The van der Waals surface area contributed by atoms with Gasteiger partial charge in [0.2, 0.25) is 0 Å². The van der Waals surface area contributed by atoms with Crippen LogP contribution in [0.25, 0.3) is 0 Å². The van der Waals surface area contributed by atoms with E-state index < -0.39 is 0 Å². The molecular formula is C19H28ClN3O. The third kappa shape index (κ3) is 3.17. The van der Waals surface area contributed by atoms with Crippen LogP contribution in [0.5, 0.6) is 0 Å². The van der Waals surface area contributed by atoms with E-state index in [1.807, 2.05) is 6.07 Å². The van der Waals surface area contributed by atoms with E-state index in [9.17, 15) is 5.11 Å². The number of nitrogens with one attached hydrogen (secondary N) is 2. The molecule has 3 heterocycles. The molecule has 0 aliphatic carbocycles. The van der Waals surface area contributed by atoms with Crippen molar-refractivity contribution in [2.45, 2.75) is 37.2 Å². The number of likely N-dealkylation sites (tertiary alicyclic amines) is 1. The molecule has 0 unspecified atom stereocenters. The van der Waals surface area contributed by atoms with Crippen LogP contribution >= 0.6 is 11.6 Å². The van der Waals surface area contributed by atoms with Gasteiger partial charge >= 0.3 is 0 Å². The van der Waals surface area contributed by atoms with Crippen molar-refractivity contribution in [3.63, 3.8) is 0 Å². The van der Waals surface area contributed by atoms with Crippen LogP contribution in [-0.2, 0) is 5.41 Å². The Kier molecular flexibility index (Phi) is 4.74. The van der Waals surface area contributed by atoms with Crippen molar-refractivity contribution in [1.82, 2.24) is 10.2 Å². The number of aliphatic hydroxyl groups is 1. The molecule has 3 aliphatic heterocycles. The lowest BCUT2D eigenvalue weighted by molar-refractivity contribution is 0.0366. The molecule has 0 amide bonds. The van der Waals surface area contributed by atoms with Crippen LogP contribution < -0.4 is 10.6 Å². The first-order valence-electron chi connectivity index (χ1n) is 9.31. The Bertz CT molecular complexity index is 580. The number of nitrogens with zero attached hydrogens (tertiary/aromatic N) is 1. The number of halogens is 1. The second kappa shape index (κ2) is 6.83. The van der Waals surface area contributed by atoms with Crippen LogP contribution in [0.3, 0.4) is 0 Å². The van der Waals surface area contributed by atoms with Gasteiger partial charge in [-0.15, -0.1) is 0 Å². The van der Waals surface area contributed by atoms with Crippen molar-refractivity contribution in [1.29, 1.82) is 0 Å². The summed E-state index contributed by atoms with van der Waals surface area (Å²) in [5, 5.41) is 18.3. The average Bonchev–Trinajstić information content (AvgIpc) is 2.95. The average molecular weight is 350 g/mol. The minimum absolute atomic E-state index is 0.172. The minimum Gasteiger partial charge on any atom is -0.392 e. The molecule has 3 N–H and O–H groups in total. The first kappa shape index (κ1) is 16.6. The van der Waals surface area contributed by atoms with Crippen LogP contribution in [-0.4, -0.2) is 55.4 Å². The predicted octanol–water partition coefficient (Wildman–Crippen LogP) is 2.46. The summed E-state index contributed by atoms with van der Waals surface area (Å²) in [4.78, 5) is 2.46. The molecule has 5 heteroatoms. The number of fused-ring (bicyclic) bond motifs is 2. The largest absolute Gasteiger partial charge is 0.392 e. The molecule has 0 saturated carbocycles. The van der Waals surface area contributed by atoms with Crippen molar-refractivity contribution in [3.05, 3.63) is 28.8 Å². The third-order valence-corrected chi connectivity index (χ3v) is 6.59. The van der Waals surface area contributed by atoms with Crippen LogP contribution in [0.1, 0.15) is 31.2 Å². The highest BCUT2D eigenvalue weighted by Gasteiger charge is 2.41. The fraction of sp³-hybridized carbons (Fsp3) is 0.684. The van der Waals surface area contributed by atoms with Gasteiger partial charge in [0.1, 0.15) is 0 Å².